The van der Waals surface area contributed by atoms with Crippen LogP contribution in [-0.2, 0) is 14.3 Å². The summed E-state index contributed by atoms with van der Waals surface area (Å²) in [5.74, 6) is -0.407. The minimum atomic E-state index is -0.789. The van der Waals surface area contributed by atoms with Crippen molar-refractivity contribution in [1.82, 2.24) is 4.90 Å². The summed E-state index contributed by atoms with van der Waals surface area (Å²) < 4.78 is 16.6. The number of methoxy groups -OCH3 is 1. The molecule has 1 amide bonds. The number of benzene rings is 2. The van der Waals surface area contributed by atoms with E-state index in [9.17, 15) is 14.7 Å². The van der Waals surface area contributed by atoms with Crippen molar-refractivity contribution in [1.29, 1.82) is 0 Å². The number of nitrogens with zero attached hydrogens (tertiary/aromatic N) is 1. The van der Waals surface area contributed by atoms with Crippen molar-refractivity contribution in [3.63, 3.8) is 0 Å². The average molecular weight is 454 g/mol. The summed E-state index contributed by atoms with van der Waals surface area (Å²) in [6, 6.07) is 13.3. The Labute approximate surface area is 194 Å². The molecular formula is C26H31NO6. The van der Waals surface area contributed by atoms with E-state index in [0.29, 0.717) is 35.8 Å². The lowest BCUT2D eigenvalue weighted by Gasteiger charge is -2.26. The molecule has 0 bridgehead atoms. The first-order chi connectivity index (χ1) is 16.0. The number of carbonyl (C=O) groups excluding carboxylic acids is 2. The maximum Gasteiger partial charge on any atom is 0.295 e. The number of aliphatic hydroxyl groups excluding tert-OH is 1. The molecule has 2 aromatic carbocycles. The lowest BCUT2D eigenvalue weighted by molar-refractivity contribution is -0.140. The van der Waals surface area contributed by atoms with Crippen molar-refractivity contribution in [2.75, 3.05) is 33.5 Å². The van der Waals surface area contributed by atoms with Crippen LogP contribution in [0.5, 0.6) is 11.5 Å². The predicted molar refractivity (Wildman–Crippen MR) is 125 cm³/mol. The molecule has 1 heterocycles. The van der Waals surface area contributed by atoms with Crippen molar-refractivity contribution in [2.45, 2.75) is 32.7 Å². The number of ether oxygens (including phenoxy) is 3. The molecule has 2 aromatic rings. The molecule has 1 atom stereocenters. The van der Waals surface area contributed by atoms with E-state index < -0.39 is 17.7 Å². The fourth-order valence-corrected chi connectivity index (χ4v) is 3.82. The van der Waals surface area contributed by atoms with Crippen LogP contribution in [0.25, 0.3) is 5.76 Å². The molecule has 0 aromatic heterocycles. The molecule has 33 heavy (non-hydrogen) atoms. The van der Waals surface area contributed by atoms with Crippen LogP contribution in [-0.4, -0.2) is 55.2 Å². The molecule has 0 radical (unpaired) electrons. The molecule has 3 rings (SSSR count). The van der Waals surface area contributed by atoms with Gasteiger partial charge in [0.1, 0.15) is 17.3 Å². The summed E-state index contributed by atoms with van der Waals surface area (Å²) in [4.78, 5) is 27.4. The maximum atomic E-state index is 13.1. The number of ketones is 1. The van der Waals surface area contributed by atoms with Crippen molar-refractivity contribution in [2.24, 2.45) is 0 Å². The smallest absolute Gasteiger partial charge is 0.295 e. The average Bonchev–Trinajstić information content (AvgIpc) is 3.08. The molecule has 176 valence electrons. The van der Waals surface area contributed by atoms with Crippen LogP contribution in [0.3, 0.4) is 0 Å². The Kier molecular flexibility index (Phi) is 8.49. The highest BCUT2D eigenvalue weighted by Gasteiger charge is 2.46. The number of para-hydroxylation sites is 1. The highest BCUT2D eigenvalue weighted by Crippen LogP contribution is 2.42. The van der Waals surface area contributed by atoms with Crippen LogP contribution in [0.4, 0.5) is 0 Å². The van der Waals surface area contributed by atoms with E-state index in [-0.39, 0.29) is 24.5 Å². The zero-order valence-corrected chi connectivity index (χ0v) is 19.4. The van der Waals surface area contributed by atoms with Gasteiger partial charge in [0, 0.05) is 24.8 Å². The van der Waals surface area contributed by atoms with Crippen LogP contribution in [0.2, 0.25) is 0 Å². The maximum absolute atomic E-state index is 13.1. The summed E-state index contributed by atoms with van der Waals surface area (Å²) in [5, 5.41) is 11.2. The van der Waals surface area contributed by atoms with E-state index >= 15 is 0 Å². The monoisotopic (exact) mass is 453 g/mol. The minimum absolute atomic E-state index is 0.0305. The molecule has 1 saturated heterocycles. The first kappa shape index (κ1) is 24.3. The Bertz CT molecular complexity index is 998. The number of rotatable bonds is 11. The van der Waals surface area contributed by atoms with Crippen LogP contribution in [0.15, 0.2) is 54.1 Å². The summed E-state index contributed by atoms with van der Waals surface area (Å²) in [6.45, 7) is 5.45. The number of aliphatic hydroxyl groups is 1. The summed E-state index contributed by atoms with van der Waals surface area (Å²) in [5.41, 5.74) is 1.10. The third kappa shape index (κ3) is 5.37. The minimum Gasteiger partial charge on any atom is -0.507 e. The lowest BCUT2D eigenvalue weighted by atomic mass is 9.94. The Balaban J connectivity index is 2.06. The second-order valence-electron chi connectivity index (χ2n) is 7.68. The number of amides is 1. The van der Waals surface area contributed by atoms with Crippen LogP contribution in [0, 0.1) is 0 Å². The summed E-state index contributed by atoms with van der Waals surface area (Å²) in [7, 11) is 1.53. The van der Waals surface area contributed by atoms with Gasteiger partial charge in [-0.05, 0) is 43.7 Å². The first-order valence-electron chi connectivity index (χ1n) is 11.3. The van der Waals surface area contributed by atoms with Crippen LogP contribution in [0.1, 0.15) is 43.9 Å². The zero-order valence-electron chi connectivity index (χ0n) is 19.4. The van der Waals surface area contributed by atoms with Gasteiger partial charge in [-0.2, -0.15) is 0 Å². The Morgan fingerprint density at radius 2 is 1.73 bits per heavy atom. The van der Waals surface area contributed by atoms with E-state index in [1.807, 2.05) is 19.1 Å². The Hall–Kier alpha value is -3.32. The molecule has 7 nitrogen and oxygen atoms in total. The number of hydrogen-bond acceptors (Lipinski definition) is 6. The van der Waals surface area contributed by atoms with E-state index in [1.165, 1.54) is 12.0 Å². The van der Waals surface area contributed by atoms with Crippen molar-refractivity contribution in [3.05, 3.63) is 65.2 Å². The van der Waals surface area contributed by atoms with Crippen LogP contribution >= 0.6 is 0 Å². The largest absolute Gasteiger partial charge is 0.507 e. The number of Topliss-reactive ketones (excluding diaryl/α,β-unsaturated/α-hetero) is 1. The molecule has 1 fully saturated rings. The normalized spacial score (nSPS) is 17.4. The van der Waals surface area contributed by atoms with E-state index in [4.69, 9.17) is 14.2 Å². The van der Waals surface area contributed by atoms with Gasteiger partial charge < -0.3 is 24.2 Å². The van der Waals surface area contributed by atoms with Gasteiger partial charge in [-0.3, -0.25) is 9.59 Å². The Morgan fingerprint density at radius 1 is 1.00 bits per heavy atom. The quantitative estimate of drug-likeness (QED) is 0.236. The predicted octanol–water partition coefficient (Wildman–Crippen LogP) is 4.33. The van der Waals surface area contributed by atoms with Gasteiger partial charge in [-0.15, -0.1) is 0 Å². The molecule has 0 spiro atoms. The van der Waals surface area contributed by atoms with E-state index in [2.05, 4.69) is 6.92 Å². The fraction of sp³-hybridized carbons (Fsp3) is 0.385. The lowest BCUT2D eigenvalue weighted by Crippen LogP contribution is -2.32. The molecule has 1 N–H and O–H groups in total. The van der Waals surface area contributed by atoms with Crippen LogP contribution < -0.4 is 9.47 Å². The van der Waals surface area contributed by atoms with Gasteiger partial charge in [-0.25, -0.2) is 0 Å². The third-order valence-corrected chi connectivity index (χ3v) is 5.48. The van der Waals surface area contributed by atoms with E-state index in [0.717, 1.165) is 12.8 Å². The second-order valence-corrected chi connectivity index (χ2v) is 7.68. The molecule has 7 heteroatoms. The number of likely N-dealkylation sites (tertiary alicyclic amines) is 1. The fourth-order valence-electron chi connectivity index (χ4n) is 3.82. The molecule has 1 unspecified atom stereocenters. The first-order valence-corrected chi connectivity index (χ1v) is 11.3. The molecular weight excluding hydrogens is 422 g/mol. The molecule has 0 aliphatic carbocycles. The SMILES string of the molecule is CCCCOc1ccc(/C(O)=C2\C(=O)C(=O)N(CCOC)C2c2ccccc2OCC)cc1. The highest BCUT2D eigenvalue weighted by atomic mass is 16.5. The van der Waals surface area contributed by atoms with Gasteiger partial charge >= 0.3 is 0 Å². The number of unbranched alkanes of at least 4 members (excludes halogenated alkanes) is 1. The summed E-state index contributed by atoms with van der Waals surface area (Å²) >= 11 is 0. The van der Waals surface area contributed by atoms with Crippen molar-refractivity contribution in [3.8, 4) is 11.5 Å². The van der Waals surface area contributed by atoms with E-state index in [1.54, 1.807) is 36.4 Å². The Morgan fingerprint density at radius 3 is 2.39 bits per heavy atom. The van der Waals surface area contributed by atoms with Gasteiger partial charge in [-0.1, -0.05) is 31.5 Å². The number of hydrogen-bond donors (Lipinski definition) is 1. The zero-order chi connectivity index (χ0) is 23.8. The molecule has 1 aliphatic rings. The summed E-state index contributed by atoms with van der Waals surface area (Å²) in [6.07, 6.45) is 1.98. The topological polar surface area (TPSA) is 85.3 Å². The highest BCUT2D eigenvalue weighted by molar-refractivity contribution is 6.46. The molecule has 0 saturated carbocycles. The van der Waals surface area contributed by atoms with Gasteiger partial charge in [0.15, 0.2) is 0 Å². The third-order valence-electron chi connectivity index (χ3n) is 5.48. The van der Waals surface area contributed by atoms with Crippen molar-refractivity contribution >= 4 is 17.4 Å². The van der Waals surface area contributed by atoms with Crippen molar-refractivity contribution < 1.29 is 28.9 Å². The second kappa shape index (κ2) is 11.5. The van der Waals surface area contributed by atoms with Gasteiger partial charge in [0.2, 0.25) is 0 Å². The van der Waals surface area contributed by atoms with Gasteiger partial charge in [0.25, 0.3) is 11.7 Å². The van der Waals surface area contributed by atoms with Gasteiger partial charge in [0.05, 0.1) is 31.4 Å². The number of carbonyl (C=O) groups is 2. The standard InChI is InChI=1S/C26H31NO6/c1-4-6-16-33-19-13-11-18(12-14-19)24(28)22-23(20-9-7-8-10-21(20)32-5-2)27(15-17-31-3)26(30)25(22)29/h7-14,23,28H,4-6,15-17H2,1-3H3/b24-22+. The molecule has 1 aliphatic heterocycles.